The van der Waals surface area contributed by atoms with E-state index in [9.17, 15) is 0 Å². The van der Waals surface area contributed by atoms with Crippen molar-refractivity contribution < 1.29 is 4.42 Å². The van der Waals surface area contributed by atoms with Gasteiger partial charge in [-0.25, -0.2) is 15.0 Å². The van der Waals surface area contributed by atoms with Crippen LogP contribution in [0, 0.1) is 0 Å². The number of nitrogens with zero attached hydrogens (tertiary/aromatic N) is 3. The van der Waals surface area contributed by atoms with Crippen LogP contribution >= 0.6 is 0 Å². The van der Waals surface area contributed by atoms with E-state index < -0.39 is 0 Å². The number of benzene rings is 7. The molecule has 0 spiro atoms. The van der Waals surface area contributed by atoms with E-state index in [1.165, 1.54) is 0 Å². The standard InChI is InChI=1S/C45H29N3O/c1-4-14-30(15-5-1)33-20-12-22-35(28-33)43-46-44(36-23-13-21-34(29-36)31-16-6-2-7-17-31)48-45(47-43)41-37(32-18-8-3-9-19-32)26-27-39-38-24-10-11-25-40(38)49-42(39)41/h1-29H. The molecule has 49 heavy (non-hydrogen) atoms. The Morgan fingerprint density at radius 2 is 0.796 bits per heavy atom. The molecule has 2 heterocycles. The summed E-state index contributed by atoms with van der Waals surface area (Å²) in [5, 5.41) is 2.07. The fourth-order valence-corrected chi connectivity index (χ4v) is 6.55. The molecular weight excluding hydrogens is 599 g/mol. The highest BCUT2D eigenvalue weighted by Crippen LogP contribution is 2.42. The molecule has 0 bridgehead atoms. The lowest BCUT2D eigenvalue weighted by molar-refractivity contribution is 0.669. The summed E-state index contributed by atoms with van der Waals surface area (Å²) in [6.45, 7) is 0. The van der Waals surface area contributed by atoms with Gasteiger partial charge in [0.05, 0.1) is 5.56 Å². The minimum Gasteiger partial charge on any atom is -0.455 e. The van der Waals surface area contributed by atoms with Gasteiger partial charge in [0, 0.05) is 21.9 Å². The van der Waals surface area contributed by atoms with E-state index in [4.69, 9.17) is 19.4 Å². The molecule has 0 N–H and O–H groups in total. The topological polar surface area (TPSA) is 51.8 Å². The summed E-state index contributed by atoms with van der Waals surface area (Å²) in [7, 11) is 0. The molecule has 0 fully saturated rings. The third-order valence-corrected chi connectivity index (χ3v) is 8.95. The Morgan fingerprint density at radius 3 is 1.39 bits per heavy atom. The van der Waals surface area contributed by atoms with E-state index in [1.54, 1.807) is 0 Å². The highest BCUT2D eigenvalue weighted by Gasteiger charge is 2.22. The minimum atomic E-state index is 0.554. The summed E-state index contributed by atoms with van der Waals surface area (Å²) in [6.07, 6.45) is 0. The molecule has 0 saturated heterocycles. The van der Waals surface area contributed by atoms with Crippen molar-refractivity contribution in [1.29, 1.82) is 0 Å². The number of aromatic nitrogens is 3. The summed E-state index contributed by atoms with van der Waals surface area (Å²) in [6, 6.07) is 60.4. The Bertz CT molecular complexity index is 2490. The predicted octanol–water partition coefficient (Wildman–Crippen LogP) is 11.8. The normalized spacial score (nSPS) is 11.3. The minimum absolute atomic E-state index is 0.554. The lowest BCUT2D eigenvalue weighted by atomic mass is 9.96. The number of hydrogen-bond acceptors (Lipinski definition) is 4. The van der Waals surface area contributed by atoms with Crippen molar-refractivity contribution in [3.05, 3.63) is 176 Å². The van der Waals surface area contributed by atoms with Crippen molar-refractivity contribution in [3.63, 3.8) is 0 Å². The van der Waals surface area contributed by atoms with Crippen molar-refractivity contribution in [2.45, 2.75) is 0 Å². The zero-order chi connectivity index (χ0) is 32.6. The van der Waals surface area contributed by atoms with Gasteiger partial charge in [0.2, 0.25) is 0 Å². The van der Waals surface area contributed by atoms with Gasteiger partial charge in [-0.1, -0.05) is 152 Å². The fraction of sp³-hybridized carbons (Fsp3) is 0. The predicted molar refractivity (Wildman–Crippen MR) is 200 cm³/mol. The van der Waals surface area contributed by atoms with Gasteiger partial charge in [0.15, 0.2) is 17.5 Å². The fourth-order valence-electron chi connectivity index (χ4n) is 6.55. The van der Waals surface area contributed by atoms with Gasteiger partial charge >= 0.3 is 0 Å². The lowest BCUT2D eigenvalue weighted by Crippen LogP contribution is -2.01. The van der Waals surface area contributed by atoms with Crippen LogP contribution in [0.2, 0.25) is 0 Å². The van der Waals surface area contributed by atoms with Crippen molar-refractivity contribution in [1.82, 2.24) is 15.0 Å². The zero-order valence-electron chi connectivity index (χ0n) is 26.5. The van der Waals surface area contributed by atoms with Crippen LogP contribution in [-0.2, 0) is 0 Å². The van der Waals surface area contributed by atoms with Crippen LogP contribution in [0.4, 0.5) is 0 Å². The largest absolute Gasteiger partial charge is 0.455 e. The van der Waals surface area contributed by atoms with Crippen molar-refractivity contribution in [2.24, 2.45) is 0 Å². The van der Waals surface area contributed by atoms with Gasteiger partial charge in [0.1, 0.15) is 11.2 Å². The average Bonchev–Trinajstić information content (AvgIpc) is 3.57. The van der Waals surface area contributed by atoms with Gasteiger partial charge in [-0.2, -0.15) is 0 Å². The molecule has 0 unspecified atom stereocenters. The number of rotatable bonds is 6. The molecule has 9 aromatic rings. The van der Waals surface area contributed by atoms with E-state index in [2.05, 4.69) is 140 Å². The third kappa shape index (κ3) is 5.35. The summed E-state index contributed by atoms with van der Waals surface area (Å²) in [4.78, 5) is 15.6. The molecule has 0 radical (unpaired) electrons. The van der Waals surface area contributed by atoms with E-state index in [1.807, 2.05) is 36.4 Å². The smallest absolute Gasteiger partial charge is 0.168 e. The summed E-state index contributed by atoms with van der Waals surface area (Å²) in [5.74, 6) is 1.74. The second-order valence-corrected chi connectivity index (χ2v) is 12.0. The third-order valence-electron chi connectivity index (χ3n) is 8.95. The van der Waals surface area contributed by atoms with Crippen LogP contribution in [0.25, 0.3) is 89.5 Å². The summed E-state index contributed by atoms with van der Waals surface area (Å²) >= 11 is 0. The second kappa shape index (κ2) is 12.2. The highest BCUT2D eigenvalue weighted by atomic mass is 16.3. The van der Waals surface area contributed by atoms with Crippen molar-refractivity contribution in [3.8, 4) is 67.5 Å². The van der Waals surface area contributed by atoms with Gasteiger partial charge in [-0.05, 0) is 57.6 Å². The van der Waals surface area contributed by atoms with Gasteiger partial charge < -0.3 is 4.42 Å². The molecule has 0 aliphatic carbocycles. The Kier molecular flexibility index (Phi) is 7.10. The van der Waals surface area contributed by atoms with E-state index in [-0.39, 0.29) is 0 Å². The van der Waals surface area contributed by atoms with Crippen LogP contribution < -0.4 is 0 Å². The summed E-state index contributed by atoms with van der Waals surface area (Å²) < 4.78 is 6.64. The Hall–Kier alpha value is -6.65. The molecule has 4 heteroatoms. The Balaban J connectivity index is 1.32. The maximum atomic E-state index is 6.64. The number of fused-ring (bicyclic) bond motifs is 3. The first-order valence-corrected chi connectivity index (χ1v) is 16.4. The number of para-hydroxylation sites is 1. The van der Waals surface area contributed by atoms with Gasteiger partial charge in [0.25, 0.3) is 0 Å². The van der Waals surface area contributed by atoms with Crippen LogP contribution in [0.1, 0.15) is 0 Å². The maximum absolute atomic E-state index is 6.64. The first-order chi connectivity index (χ1) is 24.3. The lowest BCUT2D eigenvalue weighted by Gasteiger charge is -2.13. The van der Waals surface area contributed by atoms with Crippen LogP contribution in [0.5, 0.6) is 0 Å². The number of furan rings is 1. The molecule has 2 aromatic heterocycles. The zero-order valence-corrected chi connectivity index (χ0v) is 26.5. The molecule has 4 nitrogen and oxygen atoms in total. The molecule has 0 atom stereocenters. The molecule has 0 aliphatic heterocycles. The highest BCUT2D eigenvalue weighted by molar-refractivity contribution is 6.12. The Morgan fingerprint density at radius 1 is 0.327 bits per heavy atom. The monoisotopic (exact) mass is 627 g/mol. The average molecular weight is 628 g/mol. The quantitative estimate of drug-likeness (QED) is 0.184. The van der Waals surface area contributed by atoms with Crippen LogP contribution in [0.15, 0.2) is 180 Å². The summed E-state index contributed by atoms with van der Waals surface area (Å²) in [5.41, 5.74) is 10.7. The first-order valence-electron chi connectivity index (χ1n) is 16.4. The van der Waals surface area contributed by atoms with Gasteiger partial charge in [-0.3, -0.25) is 0 Å². The molecular formula is C45H29N3O. The molecule has 0 saturated carbocycles. The van der Waals surface area contributed by atoms with E-state index >= 15 is 0 Å². The maximum Gasteiger partial charge on any atom is 0.168 e. The van der Waals surface area contributed by atoms with E-state index in [0.717, 1.165) is 72.0 Å². The number of hydrogen-bond donors (Lipinski definition) is 0. The second-order valence-electron chi connectivity index (χ2n) is 12.0. The molecule has 9 rings (SSSR count). The van der Waals surface area contributed by atoms with Crippen LogP contribution in [0.3, 0.4) is 0 Å². The molecule has 230 valence electrons. The Labute approximate surface area is 284 Å². The molecule has 0 amide bonds. The van der Waals surface area contributed by atoms with Gasteiger partial charge in [-0.15, -0.1) is 0 Å². The SMILES string of the molecule is c1ccc(-c2cccc(-c3nc(-c4cccc(-c5ccccc5)c4)nc(-c4c(-c5ccccc5)ccc5c4oc4ccccc45)n3)c2)cc1. The van der Waals surface area contributed by atoms with Crippen LogP contribution in [-0.4, -0.2) is 15.0 Å². The first kappa shape index (κ1) is 28.6. The molecule has 7 aromatic carbocycles. The molecule has 0 aliphatic rings. The van der Waals surface area contributed by atoms with E-state index in [0.29, 0.717) is 17.5 Å². The van der Waals surface area contributed by atoms with Crippen molar-refractivity contribution in [2.75, 3.05) is 0 Å². The van der Waals surface area contributed by atoms with Crippen molar-refractivity contribution >= 4 is 21.9 Å².